The number of nitrogens with zero attached hydrogens (tertiary/aromatic N) is 2. The monoisotopic (exact) mass is 670 g/mol. The van der Waals surface area contributed by atoms with Crippen molar-refractivity contribution in [2.24, 2.45) is 0 Å². The largest absolute Gasteiger partial charge is 0.458 e. The van der Waals surface area contributed by atoms with Crippen LogP contribution in [0.3, 0.4) is 0 Å². The summed E-state index contributed by atoms with van der Waals surface area (Å²) < 4.78 is 79.9. The van der Waals surface area contributed by atoms with Crippen LogP contribution >= 0.6 is 0 Å². The maximum Gasteiger partial charge on any atom is 0.256 e. The molecule has 8 aromatic carbocycles. The average molecular weight is 671 g/mol. The molecule has 0 bridgehead atoms. The van der Waals surface area contributed by atoms with Gasteiger partial charge in [0.05, 0.1) is 33.4 Å². The molecule has 0 saturated carbocycles. The smallest absolute Gasteiger partial charge is 0.256 e. The Hall–Kier alpha value is -6.78. The minimum absolute atomic E-state index is 0.0153. The molecule has 242 valence electrons. The number of benzene rings is 8. The summed E-state index contributed by atoms with van der Waals surface area (Å²) in [5.74, 6) is 1.18. The van der Waals surface area contributed by atoms with E-state index in [-0.39, 0.29) is 52.7 Å². The van der Waals surface area contributed by atoms with Crippen LogP contribution in [-0.2, 0) is 0 Å². The number of para-hydroxylation sites is 5. The van der Waals surface area contributed by atoms with Gasteiger partial charge in [-0.25, -0.2) is 0 Å². The van der Waals surface area contributed by atoms with Crippen molar-refractivity contribution in [3.8, 4) is 39.4 Å². The lowest BCUT2D eigenvalue weighted by atomic mass is 9.34. The molecule has 4 heteroatoms. The van der Waals surface area contributed by atoms with Crippen LogP contribution in [0.4, 0.5) is 17.1 Å². The molecule has 2 aliphatic heterocycles. The summed E-state index contributed by atoms with van der Waals surface area (Å²) in [6.07, 6.45) is 0. The third-order valence-corrected chi connectivity index (χ3v) is 10.3. The van der Waals surface area contributed by atoms with Gasteiger partial charge < -0.3 is 14.2 Å². The molecule has 3 nitrogen and oxygen atoms in total. The molecular formula is C48H31BN2O. The van der Waals surface area contributed by atoms with Gasteiger partial charge in [-0.15, -0.1) is 0 Å². The van der Waals surface area contributed by atoms with Crippen LogP contribution in [0.5, 0.6) is 11.5 Å². The third kappa shape index (κ3) is 4.21. The highest BCUT2D eigenvalue weighted by atomic mass is 16.5. The number of fused-ring (bicyclic) bond motifs is 7. The molecule has 0 unspecified atom stereocenters. The first-order chi connectivity index (χ1) is 29.2. The van der Waals surface area contributed by atoms with Gasteiger partial charge >= 0.3 is 0 Å². The molecule has 1 aromatic heterocycles. The fourth-order valence-corrected chi connectivity index (χ4v) is 8.17. The summed E-state index contributed by atoms with van der Waals surface area (Å²) in [5.41, 5.74) is 9.98. The molecule has 0 amide bonds. The highest BCUT2D eigenvalue weighted by Gasteiger charge is 2.43. The maximum absolute atomic E-state index is 9.27. The predicted molar refractivity (Wildman–Crippen MR) is 218 cm³/mol. The lowest BCUT2D eigenvalue weighted by Gasteiger charge is -2.41. The van der Waals surface area contributed by atoms with E-state index in [4.69, 9.17) is 13.0 Å². The van der Waals surface area contributed by atoms with Gasteiger partial charge in [0.2, 0.25) is 0 Å². The predicted octanol–water partition coefficient (Wildman–Crippen LogP) is 10.5. The van der Waals surface area contributed by atoms with E-state index in [1.165, 1.54) is 0 Å². The molecule has 52 heavy (non-hydrogen) atoms. The van der Waals surface area contributed by atoms with Gasteiger partial charge in [0.1, 0.15) is 11.5 Å². The van der Waals surface area contributed by atoms with Crippen molar-refractivity contribution < 1.29 is 15.7 Å². The van der Waals surface area contributed by atoms with Gasteiger partial charge in [-0.3, -0.25) is 0 Å². The molecule has 3 heterocycles. The summed E-state index contributed by atoms with van der Waals surface area (Å²) >= 11 is 0. The second-order valence-electron chi connectivity index (χ2n) is 13.1. The zero-order valence-electron chi connectivity index (χ0n) is 35.7. The van der Waals surface area contributed by atoms with Gasteiger partial charge in [0.15, 0.2) is 0 Å². The molecule has 0 radical (unpaired) electrons. The van der Waals surface area contributed by atoms with Gasteiger partial charge in [-0.05, 0) is 57.8 Å². The number of hydrogen-bond donors (Lipinski definition) is 0. The molecule has 2 aliphatic rings. The summed E-state index contributed by atoms with van der Waals surface area (Å²) in [6, 6.07) is 43.4. The second kappa shape index (κ2) is 11.4. The van der Waals surface area contributed by atoms with Crippen LogP contribution in [0.15, 0.2) is 188 Å². The summed E-state index contributed by atoms with van der Waals surface area (Å²) in [5, 5.41) is 0.0305. The molecule has 0 fully saturated rings. The first-order valence-corrected chi connectivity index (χ1v) is 17.2. The van der Waals surface area contributed by atoms with E-state index in [0.717, 1.165) is 55.7 Å². The average Bonchev–Trinajstić information content (AvgIpc) is 3.66. The third-order valence-electron chi connectivity index (χ3n) is 10.3. The molecule has 0 N–H and O–H groups in total. The number of anilines is 3. The van der Waals surface area contributed by atoms with Crippen LogP contribution in [-0.4, -0.2) is 11.3 Å². The minimum Gasteiger partial charge on any atom is -0.458 e. The topological polar surface area (TPSA) is 17.4 Å². The second-order valence-corrected chi connectivity index (χ2v) is 13.1. The van der Waals surface area contributed by atoms with Crippen LogP contribution in [0.2, 0.25) is 0 Å². The van der Waals surface area contributed by atoms with Crippen LogP contribution in [0, 0.1) is 0 Å². The van der Waals surface area contributed by atoms with E-state index < -0.39 is 24.2 Å². The Kier molecular flexibility index (Phi) is 4.84. The fourth-order valence-electron chi connectivity index (χ4n) is 8.17. The highest BCUT2D eigenvalue weighted by Crippen LogP contribution is 2.49. The van der Waals surface area contributed by atoms with Gasteiger partial charge in [0, 0.05) is 39.3 Å². The van der Waals surface area contributed by atoms with Crippen molar-refractivity contribution in [1.29, 1.82) is 0 Å². The Morgan fingerprint density at radius 2 is 1.08 bits per heavy atom. The number of aromatic nitrogens is 1. The van der Waals surface area contributed by atoms with Crippen molar-refractivity contribution in [3.05, 3.63) is 188 Å². The Labute approximate surface area is 313 Å². The molecule has 9 aromatic rings. The van der Waals surface area contributed by atoms with E-state index in [2.05, 4.69) is 65.6 Å². The molecule has 0 aliphatic carbocycles. The molecule has 11 rings (SSSR count). The van der Waals surface area contributed by atoms with E-state index in [0.29, 0.717) is 17.2 Å². The van der Waals surface area contributed by atoms with Crippen molar-refractivity contribution in [3.63, 3.8) is 0 Å². The van der Waals surface area contributed by atoms with E-state index in [9.17, 15) is 2.74 Å². The quantitative estimate of drug-likeness (QED) is 0.174. The highest BCUT2D eigenvalue weighted by molar-refractivity contribution is 6.99. The van der Waals surface area contributed by atoms with Crippen molar-refractivity contribution >= 4 is 62.0 Å². The molecular weight excluding hydrogens is 631 g/mol. The first kappa shape index (κ1) is 22.1. The van der Waals surface area contributed by atoms with Gasteiger partial charge in [0.25, 0.3) is 6.71 Å². The van der Waals surface area contributed by atoms with E-state index in [1.807, 2.05) is 78.9 Å². The van der Waals surface area contributed by atoms with Crippen molar-refractivity contribution in [2.75, 3.05) is 4.90 Å². The lowest BCUT2D eigenvalue weighted by Crippen LogP contribution is -2.59. The Morgan fingerprint density at radius 3 is 1.75 bits per heavy atom. The summed E-state index contributed by atoms with van der Waals surface area (Å²) in [7, 11) is 0. The van der Waals surface area contributed by atoms with Crippen molar-refractivity contribution in [1.82, 2.24) is 4.57 Å². The molecule has 0 spiro atoms. The summed E-state index contributed by atoms with van der Waals surface area (Å²) in [4.78, 5) is 2.26. The standard InChI is InChI=1S/C48H31BN2O/c1-3-16-32(17-4-1)35-22-15-23-36(33-18-5-2-6-19-33)48(35)51-43-28-13-9-24-39(43)49-40-25-10-14-29-45(40)52-46-31-34(30-44(51)47(46)49)50-41-26-11-7-20-37(41)38-21-8-12-27-42(38)50/h1-31H/i7D,8D,11D,12D,20D,21D,26D,27D. The molecule has 0 saturated heterocycles. The van der Waals surface area contributed by atoms with Gasteiger partial charge in [-0.2, -0.15) is 0 Å². The number of rotatable bonds is 4. The lowest BCUT2D eigenvalue weighted by molar-refractivity contribution is 0.487. The van der Waals surface area contributed by atoms with Crippen molar-refractivity contribution in [2.45, 2.75) is 0 Å². The SMILES string of the molecule is [2H]c1c([2H])c([2H])c2c(c1[2H])c1c([2H])c([2H])c([2H])c([2H])c1n2-c1cc2c3c(c1)N(c1c(-c4ccccc4)cccc1-c1ccccc1)c1ccccc1B3c1ccccc1O2. The number of ether oxygens (including phenoxy) is 1. The molecule has 0 atom stereocenters. The van der Waals surface area contributed by atoms with Crippen LogP contribution in [0.25, 0.3) is 49.7 Å². The first-order valence-electron chi connectivity index (χ1n) is 21.2. The van der Waals surface area contributed by atoms with Crippen LogP contribution in [0.1, 0.15) is 11.0 Å². The zero-order chi connectivity index (χ0) is 41.1. The normalized spacial score (nSPS) is 14.8. The van der Waals surface area contributed by atoms with E-state index >= 15 is 0 Å². The Morgan fingerprint density at radius 1 is 0.500 bits per heavy atom. The zero-order valence-corrected chi connectivity index (χ0v) is 27.7. The Balaban J connectivity index is 1.33. The maximum atomic E-state index is 9.27. The fraction of sp³-hybridized carbons (Fsp3) is 0. The number of hydrogen-bond acceptors (Lipinski definition) is 2. The Bertz CT molecular complexity index is 3170. The van der Waals surface area contributed by atoms with Crippen LogP contribution < -0.4 is 26.0 Å². The van der Waals surface area contributed by atoms with E-state index in [1.54, 1.807) is 4.57 Å². The minimum atomic E-state index is -0.490. The van der Waals surface area contributed by atoms with Gasteiger partial charge in [-0.1, -0.05) is 152 Å². The summed E-state index contributed by atoms with van der Waals surface area (Å²) in [6.45, 7) is -0.252.